The lowest BCUT2D eigenvalue weighted by atomic mass is 10.1. The van der Waals surface area contributed by atoms with Crippen LogP contribution in [0.1, 0.15) is 22.3 Å². The average molecular weight is 490 g/mol. The Morgan fingerprint density at radius 2 is 1.74 bits per heavy atom. The minimum atomic E-state index is -1.05. The van der Waals surface area contributed by atoms with Crippen molar-refractivity contribution in [3.05, 3.63) is 90.0 Å². The smallest absolute Gasteiger partial charge is 0.335 e. The number of ether oxygens (including phenoxy) is 1. The summed E-state index contributed by atoms with van der Waals surface area (Å²) in [5.41, 5.74) is 2.15. The summed E-state index contributed by atoms with van der Waals surface area (Å²) in [7, 11) is 1.59. The molecular formula is C26H23N3O5S. The molecule has 1 aliphatic rings. The fraction of sp³-hybridized carbons (Fsp3) is 0.154. The Morgan fingerprint density at radius 3 is 2.37 bits per heavy atom. The maximum atomic E-state index is 13.2. The summed E-state index contributed by atoms with van der Waals surface area (Å²) in [4.78, 5) is 43.4. The number of anilines is 1. The SMILES string of the molecule is COc1ccc(CN2C(=O)C[C@@H](C(=O)Nc3ccc(C(=O)O)cc3)SC2=Nc2ccccc2)cc1. The molecule has 2 N–H and O–H groups in total. The zero-order valence-electron chi connectivity index (χ0n) is 18.9. The second-order valence-corrected chi connectivity index (χ2v) is 8.91. The summed E-state index contributed by atoms with van der Waals surface area (Å²) in [6.45, 7) is 0.312. The predicted molar refractivity (Wildman–Crippen MR) is 135 cm³/mol. The highest BCUT2D eigenvalue weighted by Gasteiger charge is 2.36. The number of hydrogen-bond acceptors (Lipinski definition) is 6. The van der Waals surface area contributed by atoms with Crippen molar-refractivity contribution in [2.24, 2.45) is 4.99 Å². The van der Waals surface area contributed by atoms with Gasteiger partial charge in [0.2, 0.25) is 11.8 Å². The molecule has 35 heavy (non-hydrogen) atoms. The zero-order valence-corrected chi connectivity index (χ0v) is 19.7. The van der Waals surface area contributed by atoms with E-state index >= 15 is 0 Å². The number of hydrogen-bond donors (Lipinski definition) is 2. The summed E-state index contributed by atoms with van der Waals surface area (Å²) in [6.07, 6.45) is 0.00761. The minimum Gasteiger partial charge on any atom is -0.497 e. The minimum absolute atomic E-state index is 0.00761. The molecule has 0 spiro atoms. The van der Waals surface area contributed by atoms with Crippen molar-refractivity contribution in [1.29, 1.82) is 0 Å². The van der Waals surface area contributed by atoms with Gasteiger partial charge >= 0.3 is 5.97 Å². The molecule has 0 saturated carbocycles. The summed E-state index contributed by atoms with van der Waals surface area (Å²) in [6, 6.07) is 22.5. The van der Waals surface area contributed by atoms with Crippen LogP contribution in [-0.4, -0.2) is 45.3 Å². The van der Waals surface area contributed by atoms with Crippen molar-refractivity contribution < 1.29 is 24.2 Å². The van der Waals surface area contributed by atoms with Crippen molar-refractivity contribution in [2.45, 2.75) is 18.2 Å². The van der Waals surface area contributed by atoms with E-state index in [2.05, 4.69) is 10.3 Å². The van der Waals surface area contributed by atoms with E-state index in [4.69, 9.17) is 9.84 Å². The third-order valence-corrected chi connectivity index (χ3v) is 6.50. The van der Waals surface area contributed by atoms with Crippen LogP contribution in [0.25, 0.3) is 0 Å². The monoisotopic (exact) mass is 489 g/mol. The Morgan fingerprint density at radius 1 is 1.06 bits per heavy atom. The first-order chi connectivity index (χ1) is 16.9. The summed E-state index contributed by atoms with van der Waals surface area (Å²) < 4.78 is 5.21. The maximum Gasteiger partial charge on any atom is 0.335 e. The number of aromatic carboxylic acids is 1. The summed E-state index contributed by atoms with van der Waals surface area (Å²) in [5.74, 6) is -0.888. The van der Waals surface area contributed by atoms with Crippen LogP contribution in [0, 0.1) is 0 Å². The fourth-order valence-electron chi connectivity index (χ4n) is 3.44. The van der Waals surface area contributed by atoms with Gasteiger partial charge in [0, 0.05) is 12.1 Å². The van der Waals surface area contributed by atoms with Crippen LogP contribution in [0.4, 0.5) is 11.4 Å². The molecule has 9 heteroatoms. The number of para-hydroxylation sites is 1. The van der Waals surface area contributed by atoms with Crippen LogP contribution in [0.5, 0.6) is 5.75 Å². The average Bonchev–Trinajstić information content (AvgIpc) is 2.87. The van der Waals surface area contributed by atoms with E-state index in [1.54, 1.807) is 12.0 Å². The first-order valence-corrected chi connectivity index (χ1v) is 11.7. The number of methoxy groups -OCH3 is 1. The lowest BCUT2D eigenvalue weighted by Gasteiger charge is -2.32. The first kappa shape index (κ1) is 24.0. The van der Waals surface area contributed by atoms with E-state index in [9.17, 15) is 14.4 Å². The molecule has 4 rings (SSSR count). The lowest BCUT2D eigenvalue weighted by molar-refractivity contribution is -0.129. The summed E-state index contributed by atoms with van der Waals surface area (Å²) >= 11 is 1.22. The van der Waals surface area contributed by atoms with Gasteiger partial charge < -0.3 is 15.2 Å². The van der Waals surface area contributed by atoms with E-state index < -0.39 is 11.2 Å². The van der Waals surface area contributed by atoms with Gasteiger partial charge in [-0.1, -0.05) is 42.1 Å². The molecule has 1 atom stereocenters. The number of rotatable bonds is 7. The van der Waals surface area contributed by atoms with Crippen LogP contribution in [0.15, 0.2) is 83.9 Å². The van der Waals surface area contributed by atoms with Gasteiger partial charge in [-0.3, -0.25) is 14.5 Å². The van der Waals surface area contributed by atoms with Crippen LogP contribution < -0.4 is 10.1 Å². The molecule has 3 aromatic rings. The van der Waals surface area contributed by atoms with E-state index in [0.29, 0.717) is 23.1 Å². The highest BCUT2D eigenvalue weighted by Crippen LogP contribution is 2.31. The number of carboxylic acid groups (broad SMARTS) is 1. The molecule has 0 bridgehead atoms. The molecule has 0 unspecified atom stereocenters. The number of amides is 2. The van der Waals surface area contributed by atoms with E-state index in [1.165, 1.54) is 36.0 Å². The van der Waals surface area contributed by atoms with Crippen molar-refractivity contribution in [3.8, 4) is 5.75 Å². The molecule has 178 valence electrons. The number of nitrogens with one attached hydrogen (secondary N) is 1. The number of benzene rings is 3. The largest absolute Gasteiger partial charge is 0.497 e. The van der Waals surface area contributed by atoms with Gasteiger partial charge in [0.25, 0.3) is 0 Å². The molecular weight excluding hydrogens is 466 g/mol. The van der Waals surface area contributed by atoms with Gasteiger partial charge in [-0.25, -0.2) is 9.79 Å². The number of carbonyl (C=O) groups excluding carboxylic acids is 2. The molecule has 1 saturated heterocycles. The number of amidine groups is 1. The second-order valence-electron chi connectivity index (χ2n) is 7.74. The molecule has 8 nitrogen and oxygen atoms in total. The molecule has 0 radical (unpaired) electrons. The molecule has 0 aromatic heterocycles. The fourth-order valence-corrected chi connectivity index (χ4v) is 4.54. The van der Waals surface area contributed by atoms with Crippen molar-refractivity contribution in [2.75, 3.05) is 12.4 Å². The topological polar surface area (TPSA) is 108 Å². The number of nitrogens with zero attached hydrogens (tertiary/aromatic N) is 2. The Kier molecular flexibility index (Phi) is 7.47. The van der Waals surface area contributed by atoms with E-state index in [1.807, 2.05) is 54.6 Å². The van der Waals surface area contributed by atoms with Crippen LogP contribution in [0.3, 0.4) is 0 Å². The lowest BCUT2D eigenvalue weighted by Crippen LogP contribution is -2.44. The molecule has 3 aromatic carbocycles. The second kappa shape index (κ2) is 10.9. The normalized spacial score (nSPS) is 16.7. The van der Waals surface area contributed by atoms with Crippen molar-refractivity contribution in [3.63, 3.8) is 0 Å². The number of carbonyl (C=O) groups is 3. The van der Waals surface area contributed by atoms with Gasteiger partial charge in [-0.05, 0) is 54.1 Å². The Bertz CT molecular complexity index is 1240. The van der Waals surface area contributed by atoms with Crippen molar-refractivity contribution in [1.82, 2.24) is 4.90 Å². The molecule has 1 fully saturated rings. The predicted octanol–water partition coefficient (Wildman–Crippen LogP) is 4.55. The highest BCUT2D eigenvalue weighted by atomic mass is 32.2. The summed E-state index contributed by atoms with van der Waals surface area (Å²) in [5, 5.41) is 11.6. The maximum absolute atomic E-state index is 13.2. The number of carboxylic acids is 1. The Balaban J connectivity index is 1.55. The van der Waals surface area contributed by atoms with E-state index in [-0.39, 0.29) is 23.8 Å². The first-order valence-electron chi connectivity index (χ1n) is 10.8. The van der Waals surface area contributed by atoms with Gasteiger partial charge in [-0.15, -0.1) is 0 Å². The molecule has 1 heterocycles. The van der Waals surface area contributed by atoms with Gasteiger partial charge in [0.15, 0.2) is 5.17 Å². The third-order valence-electron chi connectivity index (χ3n) is 5.31. The third kappa shape index (κ3) is 6.07. The van der Waals surface area contributed by atoms with Crippen LogP contribution in [0.2, 0.25) is 0 Å². The van der Waals surface area contributed by atoms with Crippen molar-refractivity contribution >= 4 is 46.1 Å². The van der Waals surface area contributed by atoms with Gasteiger partial charge in [0.05, 0.1) is 24.9 Å². The molecule has 2 amide bonds. The van der Waals surface area contributed by atoms with Crippen LogP contribution in [-0.2, 0) is 16.1 Å². The van der Waals surface area contributed by atoms with Gasteiger partial charge in [-0.2, -0.15) is 0 Å². The molecule has 0 aliphatic carbocycles. The van der Waals surface area contributed by atoms with Crippen LogP contribution >= 0.6 is 11.8 Å². The number of aliphatic imine (C=N–C) groups is 1. The number of thioether (sulfide) groups is 1. The Labute approximate surface area is 206 Å². The Hall–Kier alpha value is -4.11. The van der Waals surface area contributed by atoms with E-state index in [0.717, 1.165) is 11.3 Å². The standard InChI is InChI=1S/C26H23N3O5S/c1-34-21-13-7-17(8-14-21)16-29-23(30)15-22(35-26(29)28-19-5-3-2-4-6-19)24(31)27-20-11-9-18(10-12-20)25(32)33/h2-14,22H,15-16H2,1H3,(H,27,31)(H,32,33)/t22-/m0/s1. The highest BCUT2D eigenvalue weighted by molar-refractivity contribution is 8.15. The molecule has 1 aliphatic heterocycles. The quantitative estimate of drug-likeness (QED) is 0.504. The van der Waals surface area contributed by atoms with Gasteiger partial charge in [0.1, 0.15) is 11.0 Å². The zero-order chi connectivity index (χ0) is 24.8.